The lowest BCUT2D eigenvalue weighted by molar-refractivity contribution is 0.764. The first kappa shape index (κ1) is 34.2. The van der Waals surface area contributed by atoms with Crippen molar-refractivity contribution in [3.63, 3.8) is 0 Å². The summed E-state index contributed by atoms with van der Waals surface area (Å²) < 4.78 is 4.74. The summed E-state index contributed by atoms with van der Waals surface area (Å²) >= 11 is 0. The molecule has 5 heteroatoms. The molecule has 0 fully saturated rings. The minimum absolute atomic E-state index is 0.0539. The third kappa shape index (κ3) is 5.58. The van der Waals surface area contributed by atoms with E-state index in [1.807, 2.05) is 0 Å². The number of aromatic nitrogens is 5. The molecule has 0 bridgehead atoms. The van der Waals surface area contributed by atoms with Crippen LogP contribution in [0, 0.1) is 0 Å². The lowest BCUT2D eigenvalue weighted by Gasteiger charge is -2.15. The maximum atomic E-state index is 5.24. The maximum absolute atomic E-state index is 5.24. The lowest BCUT2D eigenvalue weighted by Crippen LogP contribution is -2.08. The first-order chi connectivity index (χ1) is 29.7. The molecular formula is C55H37N5. The van der Waals surface area contributed by atoms with Crippen molar-refractivity contribution >= 4 is 54.4 Å². The predicted molar refractivity (Wildman–Crippen MR) is 248 cm³/mol. The van der Waals surface area contributed by atoms with Crippen molar-refractivity contribution in [3.8, 4) is 45.3 Å². The number of benzene rings is 8. The van der Waals surface area contributed by atoms with Crippen LogP contribution in [0.4, 0.5) is 0 Å². The van der Waals surface area contributed by atoms with Crippen LogP contribution in [0.15, 0.2) is 206 Å². The fourth-order valence-corrected chi connectivity index (χ4v) is 9.23. The van der Waals surface area contributed by atoms with Gasteiger partial charge in [-0.3, -0.25) is 0 Å². The molecule has 0 aliphatic heterocycles. The van der Waals surface area contributed by atoms with Crippen LogP contribution in [-0.2, 0) is 0 Å². The molecule has 0 saturated carbocycles. The quantitative estimate of drug-likeness (QED) is 0.169. The Morgan fingerprint density at radius 1 is 0.400 bits per heavy atom. The van der Waals surface area contributed by atoms with Crippen molar-refractivity contribution in [1.29, 1.82) is 0 Å². The van der Waals surface area contributed by atoms with E-state index in [-0.39, 0.29) is 5.92 Å². The zero-order valence-electron chi connectivity index (χ0n) is 32.7. The fraction of sp³-hybridized carbons (Fsp3) is 0.0364. The molecule has 1 aliphatic rings. The molecule has 3 aromatic heterocycles. The molecular weight excluding hydrogens is 731 g/mol. The highest BCUT2D eigenvalue weighted by Crippen LogP contribution is 2.39. The highest BCUT2D eigenvalue weighted by atomic mass is 15.0. The van der Waals surface area contributed by atoms with E-state index in [0.29, 0.717) is 11.6 Å². The number of allylic oxidation sites excluding steroid dienone is 4. The Kier molecular flexibility index (Phi) is 7.91. The van der Waals surface area contributed by atoms with E-state index in [1.165, 1.54) is 48.9 Å². The Morgan fingerprint density at radius 2 is 1.03 bits per heavy atom. The highest BCUT2D eigenvalue weighted by molar-refractivity contribution is 6.21. The van der Waals surface area contributed by atoms with Crippen molar-refractivity contribution in [3.05, 3.63) is 212 Å². The molecule has 11 aromatic rings. The van der Waals surface area contributed by atoms with Gasteiger partial charge in [-0.25, -0.2) is 15.0 Å². The van der Waals surface area contributed by atoms with Crippen molar-refractivity contribution in [2.45, 2.75) is 12.3 Å². The molecule has 0 saturated heterocycles. The van der Waals surface area contributed by atoms with Crippen LogP contribution in [-0.4, -0.2) is 24.1 Å². The normalized spacial score (nSPS) is 14.0. The summed E-state index contributed by atoms with van der Waals surface area (Å²) in [6.45, 7) is 0. The zero-order chi connectivity index (χ0) is 39.6. The Hall–Kier alpha value is -7.89. The molecule has 8 aromatic carbocycles. The monoisotopic (exact) mass is 767 g/mol. The minimum Gasteiger partial charge on any atom is -0.309 e. The van der Waals surface area contributed by atoms with Gasteiger partial charge in [0, 0.05) is 50.0 Å². The van der Waals surface area contributed by atoms with Gasteiger partial charge < -0.3 is 9.13 Å². The molecule has 0 radical (unpaired) electrons. The Labute approximate surface area is 346 Å². The molecule has 1 atom stereocenters. The van der Waals surface area contributed by atoms with Crippen LogP contribution in [0.1, 0.15) is 18.2 Å². The Bertz CT molecular complexity index is 3530. The van der Waals surface area contributed by atoms with Crippen molar-refractivity contribution in [2.24, 2.45) is 0 Å². The van der Waals surface area contributed by atoms with E-state index in [9.17, 15) is 0 Å². The van der Waals surface area contributed by atoms with Gasteiger partial charge in [0.25, 0.3) is 0 Å². The third-order valence-corrected chi connectivity index (χ3v) is 12.0. The van der Waals surface area contributed by atoms with Gasteiger partial charge in [-0.15, -0.1) is 0 Å². The van der Waals surface area contributed by atoms with Gasteiger partial charge in [0.2, 0.25) is 0 Å². The van der Waals surface area contributed by atoms with Crippen LogP contribution in [0.3, 0.4) is 0 Å². The van der Waals surface area contributed by atoms with Crippen molar-refractivity contribution in [2.75, 3.05) is 0 Å². The Morgan fingerprint density at radius 3 is 1.85 bits per heavy atom. The number of fused-ring (bicyclic) bond motifs is 8. The standard InChI is InChI=1S/C55H37N5/c1-3-16-37(17-4-1)53-56-54(58-55(57-53)41-29-31-46-45-25-9-11-27-48(45)59(51(46)35-41)42-21-5-2-6-22-42)40-20-13-18-38(33-40)39-19-14-23-43(34-39)60-49-28-12-10-26-47(49)52-44-24-8-7-15-36(44)30-32-50(52)60/h1-16,18-35,37H,17H2. The van der Waals surface area contributed by atoms with E-state index in [1.54, 1.807) is 0 Å². The molecule has 12 rings (SSSR count). The summed E-state index contributed by atoms with van der Waals surface area (Å²) in [4.78, 5) is 15.6. The molecule has 0 N–H and O–H groups in total. The van der Waals surface area contributed by atoms with Gasteiger partial charge in [-0.05, 0) is 82.9 Å². The maximum Gasteiger partial charge on any atom is 0.163 e. The zero-order valence-corrected chi connectivity index (χ0v) is 32.7. The van der Waals surface area contributed by atoms with Crippen LogP contribution in [0.25, 0.3) is 99.7 Å². The molecule has 0 amide bonds. The SMILES string of the molecule is C1=CCC(c2nc(-c3cccc(-c4cccc(-n5c6ccccc6c6c7ccccc7ccc65)c4)c3)nc(-c3ccc4c5ccccc5n(-c5ccccc5)c4c3)n2)C=C1. The largest absolute Gasteiger partial charge is 0.309 e. The molecule has 3 heterocycles. The van der Waals surface area contributed by atoms with Crippen LogP contribution < -0.4 is 0 Å². The fourth-order valence-electron chi connectivity index (χ4n) is 9.23. The van der Waals surface area contributed by atoms with E-state index in [0.717, 1.165) is 51.4 Å². The van der Waals surface area contributed by atoms with E-state index in [4.69, 9.17) is 15.0 Å². The van der Waals surface area contributed by atoms with Gasteiger partial charge in [0.05, 0.1) is 22.1 Å². The highest BCUT2D eigenvalue weighted by Gasteiger charge is 2.20. The average molecular weight is 768 g/mol. The molecule has 1 aliphatic carbocycles. The van der Waals surface area contributed by atoms with Crippen LogP contribution >= 0.6 is 0 Å². The van der Waals surface area contributed by atoms with Gasteiger partial charge >= 0.3 is 0 Å². The summed E-state index contributed by atoms with van der Waals surface area (Å²) in [6, 6.07) is 65.1. The molecule has 282 valence electrons. The number of nitrogens with zero attached hydrogens (tertiary/aromatic N) is 5. The summed E-state index contributed by atoms with van der Waals surface area (Å²) in [5, 5.41) is 7.45. The van der Waals surface area contributed by atoms with Crippen molar-refractivity contribution in [1.82, 2.24) is 24.1 Å². The van der Waals surface area contributed by atoms with Gasteiger partial charge in [0.1, 0.15) is 5.82 Å². The van der Waals surface area contributed by atoms with Crippen LogP contribution in [0.5, 0.6) is 0 Å². The molecule has 1 unspecified atom stereocenters. The number of para-hydroxylation sites is 3. The van der Waals surface area contributed by atoms with Crippen molar-refractivity contribution < 1.29 is 0 Å². The van der Waals surface area contributed by atoms with E-state index in [2.05, 4.69) is 215 Å². The van der Waals surface area contributed by atoms with E-state index < -0.39 is 0 Å². The number of hydrogen-bond donors (Lipinski definition) is 0. The second kappa shape index (κ2) is 13.9. The lowest BCUT2D eigenvalue weighted by atomic mass is 9.99. The summed E-state index contributed by atoms with van der Waals surface area (Å²) in [7, 11) is 0. The second-order valence-corrected chi connectivity index (χ2v) is 15.6. The summed E-state index contributed by atoms with van der Waals surface area (Å²) in [5.74, 6) is 2.15. The Balaban J connectivity index is 0.990. The summed E-state index contributed by atoms with van der Waals surface area (Å²) in [5.41, 5.74) is 11.0. The third-order valence-electron chi connectivity index (χ3n) is 12.0. The second-order valence-electron chi connectivity index (χ2n) is 15.6. The van der Waals surface area contributed by atoms with Gasteiger partial charge in [-0.1, -0.05) is 152 Å². The predicted octanol–water partition coefficient (Wildman–Crippen LogP) is 13.8. The first-order valence-electron chi connectivity index (χ1n) is 20.6. The topological polar surface area (TPSA) is 48.5 Å². The van der Waals surface area contributed by atoms with Crippen LogP contribution in [0.2, 0.25) is 0 Å². The van der Waals surface area contributed by atoms with Gasteiger partial charge in [-0.2, -0.15) is 0 Å². The van der Waals surface area contributed by atoms with E-state index >= 15 is 0 Å². The minimum atomic E-state index is 0.0539. The molecule has 60 heavy (non-hydrogen) atoms. The number of rotatable bonds is 6. The van der Waals surface area contributed by atoms with Gasteiger partial charge in [0.15, 0.2) is 11.6 Å². The molecule has 5 nitrogen and oxygen atoms in total. The number of hydrogen-bond acceptors (Lipinski definition) is 3. The summed E-state index contributed by atoms with van der Waals surface area (Å²) in [6.07, 6.45) is 9.40. The smallest absolute Gasteiger partial charge is 0.163 e. The average Bonchev–Trinajstić information content (AvgIpc) is 3.85. The first-order valence-corrected chi connectivity index (χ1v) is 20.6. The molecule has 0 spiro atoms.